The third kappa shape index (κ3) is 2.52. The molecule has 9 nitrogen and oxygen atoms in total. The summed E-state index contributed by atoms with van der Waals surface area (Å²) in [5.74, 6) is -2.65. The molecule has 0 saturated carbocycles. The molecule has 3 N–H and O–H groups in total. The molecule has 3 atom stereocenters. The van der Waals surface area contributed by atoms with Gasteiger partial charge in [0.15, 0.2) is 15.2 Å². The monoisotopic (exact) mass is 381 g/mol. The lowest BCUT2D eigenvalue weighted by Gasteiger charge is -2.42. The van der Waals surface area contributed by atoms with Gasteiger partial charge in [-0.05, 0) is 26.0 Å². The quantitative estimate of drug-likeness (QED) is 0.581. The number of carboxylic acid groups (broad SMARTS) is 1. The number of amides is 2. The van der Waals surface area contributed by atoms with E-state index in [1.807, 2.05) is 6.07 Å². The number of nitrogens with zero attached hydrogens (tertiary/aromatic N) is 1. The van der Waals surface area contributed by atoms with Gasteiger partial charge in [0.25, 0.3) is 0 Å². The molecule has 0 aromatic heterocycles. The Morgan fingerprint density at radius 1 is 1.23 bits per heavy atom. The van der Waals surface area contributed by atoms with Crippen LogP contribution in [0.25, 0.3) is 0 Å². The van der Waals surface area contributed by atoms with Crippen molar-refractivity contribution in [3.05, 3.63) is 30.3 Å². The van der Waals surface area contributed by atoms with Gasteiger partial charge in [0, 0.05) is 5.69 Å². The van der Waals surface area contributed by atoms with Gasteiger partial charge in [-0.25, -0.2) is 13.2 Å². The van der Waals surface area contributed by atoms with E-state index < -0.39 is 49.8 Å². The van der Waals surface area contributed by atoms with Crippen molar-refractivity contribution in [3.63, 3.8) is 0 Å². The number of β-lactam (4-membered cyclic amide) rings is 1. The average molecular weight is 381 g/mol. The summed E-state index contributed by atoms with van der Waals surface area (Å²) < 4.78 is 23.7. The van der Waals surface area contributed by atoms with E-state index >= 15 is 0 Å². The largest absolute Gasteiger partial charge is 0.480 e. The molecule has 1 unspecified atom stereocenters. The Kier molecular flexibility index (Phi) is 4.18. The maximum absolute atomic E-state index is 12.7. The molecule has 2 heterocycles. The standard InChI is InChI=1S/C16H19N3O6S/c1-16(2)12(15(22)23)19-13(21)11(14(19)26(16,24)25)18-10(20)8-17-9-6-4-3-5-7-9/h3-7,11-12,14,17H,8H2,1-2H3,(H,18,20)(H,22,23)/t11?,12-,14+/m0/s1. The van der Waals surface area contributed by atoms with E-state index in [9.17, 15) is 27.9 Å². The van der Waals surface area contributed by atoms with Gasteiger partial charge < -0.3 is 20.6 Å². The molecule has 2 saturated heterocycles. The molecule has 0 radical (unpaired) electrons. The van der Waals surface area contributed by atoms with Gasteiger partial charge >= 0.3 is 5.97 Å². The van der Waals surface area contributed by atoms with Crippen molar-refractivity contribution in [2.24, 2.45) is 0 Å². The highest BCUT2D eigenvalue weighted by Gasteiger charge is 2.72. The zero-order chi connectivity index (χ0) is 19.3. The number of hydrogen-bond donors (Lipinski definition) is 3. The van der Waals surface area contributed by atoms with Crippen molar-refractivity contribution < 1.29 is 27.9 Å². The molecule has 3 rings (SSSR count). The van der Waals surface area contributed by atoms with Crippen LogP contribution in [0, 0.1) is 0 Å². The number of hydrogen-bond acceptors (Lipinski definition) is 6. The van der Waals surface area contributed by atoms with Gasteiger partial charge in [-0.1, -0.05) is 18.2 Å². The predicted octanol–water partition coefficient (Wildman–Crippen LogP) is -0.588. The van der Waals surface area contributed by atoms with Gasteiger partial charge in [-0.15, -0.1) is 0 Å². The summed E-state index contributed by atoms with van der Waals surface area (Å²) in [5.41, 5.74) is 0.699. The van der Waals surface area contributed by atoms with Crippen LogP contribution in [-0.4, -0.2) is 65.0 Å². The van der Waals surface area contributed by atoms with Gasteiger partial charge in [-0.3, -0.25) is 9.59 Å². The van der Waals surface area contributed by atoms with Crippen molar-refractivity contribution in [2.75, 3.05) is 11.9 Å². The van der Waals surface area contributed by atoms with Crippen LogP contribution in [0.1, 0.15) is 13.8 Å². The van der Waals surface area contributed by atoms with Gasteiger partial charge in [0.2, 0.25) is 11.8 Å². The topological polar surface area (TPSA) is 133 Å². The summed E-state index contributed by atoms with van der Waals surface area (Å²) in [4.78, 5) is 36.7. The number of carboxylic acids is 1. The molecule has 2 aliphatic heterocycles. The van der Waals surface area contributed by atoms with Crippen LogP contribution in [0.3, 0.4) is 0 Å². The Balaban J connectivity index is 1.72. The number of carbonyl (C=O) groups excluding carboxylic acids is 2. The summed E-state index contributed by atoms with van der Waals surface area (Å²) in [6.45, 7) is 2.41. The summed E-state index contributed by atoms with van der Waals surface area (Å²) in [7, 11) is -3.97. The second-order valence-corrected chi connectivity index (χ2v) is 9.42. The lowest BCUT2D eigenvalue weighted by atomic mass is 9.96. The smallest absolute Gasteiger partial charge is 0.328 e. The first kappa shape index (κ1) is 18.2. The van der Waals surface area contributed by atoms with Crippen LogP contribution in [-0.2, 0) is 24.2 Å². The third-order valence-corrected chi connectivity index (χ3v) is 7.67. The van der Waals surface area contributed by atoms with E-state index in [0.29, 0.717) is 5.69 Å². The van der Waals surface area contributed by atoms with Gasteiger partial charge in [0.05, 0.1) is 6.54 Å². The Hall–Kier alpha value is -2.62. The van der Waals surface area contributed by atoms with Crippen LogP contribution in [0.15, 0.2) is 30.3 Å². The second kappa shape index (κ2) is 5.97. The maximum Gasteiger partial charge on any atom is 0.328 e. The zero-order valence-electron chi connectivity index (χ0n) is 14.2. The van der Waals surface area contributed by atoms with E-state index in [4.69, 9.17) is 0 Å². The summed E-state index contributed by atoms with van der Waals surface area (Å²) in [6, 6.07) is 6.16. The van der Waals surface area contributed by atoms with Crippen molar-refractivity contribution >= 4 is 33.3 Å². The van der Waals surface area contributed by atoms with Crippen molar-refractivity contribution in [2.45, 2.75) is 36.1 Å². The Morgan fingerprint density at radius 2 is 1.85 bits per heavy atom. The highest BCUT2D eigenvalue weighted by Crippen LogP contribution is 2.45. The number of rotatable bonds is 5. The van der Waals surface area contributed by atoms with E-state index in [0.717, 1.165) is 4.90 Å². The molecule has 1 aromatic carbocycles. The van der Waals surface area contributed by atoms with Crippen molar-refractivity contribution in [1.82, 2.24) is 10.2 Å². The maximum atomic E-state index is 12.7. The van der Waals surface area contributed by atoms with Crippen LogP contribution in [0.5, 0.6) is 0 Å². The average Bonchev–Trinajstić information content (AvgIpc) is 2.72. The normalized spacial score (nSPS) is 28.0. The lowest BCUT2D eigenvalue weighted by Crippen LogP contribution is -2.72. The SMILES string of the molecule is CC1(C)[C@H](C(=O)O)N2C(=O)C(NC(=O)CNc3ccccc3)[C@H]2S1(=O)=O. The lowest BCUT2D eigenvalue weighted by molar-refractivity contribution is -0.161. The molecular formula is C16H19N3O6S. The van der Waals surface area contributed by atoms with Crippen molar-refractivity contribution in [1.29, 1.82) is 0 Å². The minimum absolute atomic E-state index is 0.147. The fourth-order valence-electron chi connectivity index (χ4n) is 3.40. The predicted molar refractivity (Wildman–Crippen MR) is 91.9 cm³/mol. The number of fused-ring (bicyclic) bond motifs is 1. The number of sulfone groups is 1. The highest BCUT2D eigenvalue weighted by molar-refractivity contribution is 7.94. The molecule has 0 bridgehead atoms. The molecule has 0 aliphatic carbocycles. The molecule has 2 fully saturated rings. The van der Waals surface area contributed by atoms with Crippen LogP contribution < -0.4 is 10.6 Å². The summed E-state index contributed by atoms with van der Waals surface area (Å²) in [6.07, 6.45) is 0. The summed E-state index contributed by atoms with van der Waals surface area (Å²) in [5, 5.41) is 13.2. The number of carbonyl (C=O) groups is 3. The highest BCUT2D eigenvalue weighted by atomic mass is 32.2. The first-order valence-corrected chi connectivity index (χ1v) is 9.50. The number of aliphatic carboxylic acids is 1. The third-order valence-electron chi connectivity index (χ3n) is 4.85. The van der Waals surface area contributed by atoms with E-state index in [1.54, 1.807) is 24.3 Å². The number of para-hydroxylation sites is 1. The minimum atomic E-state index is -3.97. The second-order valence-electron chi connectivity index (χ2n) is 6.79. The molecule has 1 aromatic rings. The molecule has 140 valence electrons. The first-order chi connectivity index (χ1) is 12.1. The molecule has 2 amide bonds. The fraction of sp³-hybridized carbons (Fsp3) is 0.438. The van der Waals surface area contributed by atoms with Crippen LogP contribution in [0.2, 0.25) is 0 Å². The van der Waals surface area contributed by atoms with E-state index in [2.05, 4.69) is 10.6 Å². The number of nitrogens with one attached hydrogen (secondary N) is 2. The Bertz CT molecular complexity index is 867. The summed E-state index contributed by atoms with van der Waals surface area (Å²) >= 11 is 0. The number of benzene rings is 1. The molecule has 10 heteroatoms. The number of anilines is 1. The van der Waals surface area contributed by atoms with E-state index in [1.165, 1.54) is 13.8 Å². The van der Waals surface area contributed by atoms with Crippen LogP contribution >= 0.6 is 0 Å². The Morgan fingerprint density at radius 3 is 2.42 bits per heavy atom. The van der Waals surface area contributed by atoms with E-state index in [-0.39, 0.29) is 6.54 Å². The minimum Gasteiger partial charge on any atom is -0.480 e. The zero-order valence-corrected chi connectivity index (χ0v) is 15.0. The van der Waals surface area contributed by atoms with Crippen molar-refractivity contribution in [3.8, 4) is 0 Å². The first-order valence-electron chi connectivity index (χ1n) is 7.95. The molecule has 2 aliphatic rings. The molecular weight excluding hydrogens is 362 g/mol. The molecule has 26 heavy (non-hydrogen) atoms. The van der Waals surface area contributed by atoms with Gasteiger partial charge in [-0.2, -0.15) is 0 Å². The van der Waals surface area contributed by atoms with Crippen LogP contribution in [0.4, 0.5) is 5.69 Å². The molecule has 0 spiro atoms. The van der Waals surface area contributed by atoms with Gasteiger partial charge in [0.1, 0.15) is 16.8 Å². The Labute approximate surface area is 150 Å². The fourth-order valence-corrected chi connectivity index (χ4v) is 5.62.